The maximum absolute atomic E-state index is 5.81. The van der Waals surface area contributed by atoms with Crippen LogP contribution in [0, 0.1) is 5.41 Å². The van der Waals surface area contributed by atoms with Gasteiger partial charge in [-0.15, -0.1) is 0 Å². The first-order chi connectivity index (χ1) is 8.13. The van der Waals surface area contributed by atoms with Gasteiger partial charge in [-0.25, -0.2) is 0 Å². The molecule has 1 atom stereocenters. The zero-order valence-electron chi connectivity index (χ0n) is 11.6. The monoisotopic (exact) mass is 241 g/mol. The molecule has 1 aliphatic carbocycles. The molecule has 0 spiro atoms. The van der Waals surface area contributed by atoms with Gasteiger partial charge >= 0.3 is 0 Å². The topological polar surface area (TPSA) is 21.7 Å². The van der Waals surface area contributed by atoms with Crippen LogP contribution in [0.1, 0.15) is 39.5 Å². The fourth-order valence-corrected chi connectivity index (χ4v) is 2.69. The molecule has 0 unspecified atom stereocenters. The van der Waals surface area contributed by atoms with Gasteiger partial charge in [-0.3, -0.25) is 0 Å². The summed E-state index contributed by atoms with van der Waals surface area (Å²) in [4.78, 5) is 2.58. The third-order valence-corrected chi connectivity index (χ3v) is 4.03. The van der Waals surface area contributed by atoms with Gasteiger partial charge in [0.05, 0.1) is 18.8 Å². The number of methoxy groups -OCH3 is 1. The molecule has 2 rings (SSSR count). The first kappa shape index (κ1) is 13.3. The van der Waals surface area contributed by atoms with Crippen LogP contribution in [-0.2, 0) is 9.47 Å². The highest BCUT2D eigenvalue weighted by molar-refractivity contribution is 4.96. The van der Waals surface area contributed by atoms with Crippen LogP contribution in [-0.4, -0.2) is 50.5 Å². The zero-order valence-corrected chi connectivity index (χ0v) is 11.6. The Morgan fingerprint density at radius 3 is 2.71 bits per heavy atom. The minimum Gasteiger partial charge on any atom is -0.380 e. The molecule has 1 heterocycles. The van der Waals surface area contributed by atoms with E-state index in [1.807, 2.05) is 7.11 Å². The fraction of sp³-hybridized carbons (Fsp3) is 1.00. The molecule has 0 amide bonds. The van der Waals surface area contributed by atoms with E-state index in [9.17, 15) is 0 Å². The Bertz CT molecular complexity index is 238. The molecule has 0 bridgehead atoms. The van der Waals surface area contributed by atoms with E-state index in [1.165, 1.54) is 38.8 Å². The van der Waals surface area contributed by atoms with E-state index in [0.29, 0.717) is 17.6 Å². The molecule has 1 aliphatic heterocycles. The summed E-state index contributed by atoms with van der Waals surface area (Å²) in [5, 5.41) is 0. The number of hydrogen-bond acceptors (Lipinski definition) is 3. The third-order valence-electron chi connectivity index (χ3n) is 4.03. The van der Waals surface area contributed by atoms with Gasteiger partial charge in [0.15, 0.2) is 0 Å². The summed E-state index contributed by atoms with van der Waals surface area (Å²) in [6.07, 6.45) is 6.00. The van der Waals surface area contributed by atoms with Crippen molar-refractivity contribution in [3.63, 3.8) is 0 Å². The van der Waals surface area contributed by atoms with Gasteiger partial charge in [-0.1, -0.05) is 0 Å². The van der Waals surface area contributed by atoms with Crippen molar-refractivity contribution in [3.8, 4) is 0 Å². The summed E-state index contributed by atoms with van der Waals surface area (Å²) in [5.74, 6) is 0. The Morgan fingerprint density at radius 2 is 2.12 bits per heavy atom. The lowest BCUT2D eigenvalue weighted by molar-refractivity contribution is 0.000693. The lowest BCUT2D eigenvalue weighted by Gasteiger charge is -2.34. The predicted octanol–water partition coefficient (Wildman–Crippen LogP) is 2.30. The molecule has 3 nitrogen and oxygen atoms in total. The standard InChI is InChI=1S/C14H27NO2/c1-12(2)17-11-14(6-7-14)10-15-8-4-5-13(9-15)16-3/h12-13H,4-11H2,1-3H3/t13-/m1/s1. The average Bonchev–Trinajstić information content (AvgIpc) is 3.07. The van der Waals surface area contributed by atoms with Crippen molar-refractivity contribution in [2.75, 3.05) is 33.4 Å². The summed E-state index contributed by atoms with van der Waals surface area (Å²) in [6, 6.07) is 0. The van der Waals surface area contributed by atoms with Crippen molar-refractivity contribution >= 4 is 0 Å². The molecule has 0 aromatic rings. The van der Waals surface area contributed by atoms with Crippen LogP contribution in [0.4, 0.5) is 0 Å². The zero-order chi connectivity index (χ0) is 12.3. The molecule has 17 heavy (non-hydrogen) atoms. The average molecular weight is 241 g/mol. The van der Waals surface area contributed by atoms with E-state index in [2.05, 4.69) is 18.7 Å². The van der Waals surface area contributed by atoms with E-state index in [-0.39, 0.29) is 0 Å². The molecule has 0 aromatic carbocycles. The van der Waals surface area contributed by atoms with Crippen molar-refractivity contribution in [1.29, 1.82) is 0 Å². The smallest absolute Gasteiger partial charge is 0.0698 e. The van der Waals surface area contributed by atoms with Crippen LogP contribution >= 0.6 is 0 Å². The molecular formula is C14H27NO2. The van der Waals surface area contributed by atoms with Gasteiger partial charge in [0.25, 0.3) is 0 Å². The van der Waals surface area contributed by atoms with Crippen molar-refractivity contribution in [2.24, 2.45) is 5.41 Å². The molecule has 2 fully saturated rings. The lowest BCUT2D eigenvalue weighted by atomic mass is 10.0. The summed E-state index contributed by atoms with van der Waals surface area (Å²) < 4.78 is 11.3. The second kappa shape index (κ2) is 5.68. The van der Waals surface area contributed by atoms with E-state index >= 15 is 0 Å². The Balaban J connectivity index is 1.76. The minimum absolute atomic E-state index is 0.362. The van der Waals surface area contributed by atoms with Gasteiger partial charge in [0.1, 0.15) is 0 Å². The fourth-order valence-electron chi connectivity index (χ4n) is 2.69. The second-order valence-corrected chi connectivity index (χ2v) is 6.09. The van der Waals surface area contributed by atoms with E-state index in [0.717, 1.165) is 13.2 Å². The highest BCUT2D eigenvalue weighted by Crippen LogP contribution is 2.47. The van der Waals surface area contributed by atoms with Crippen LogP contribution < -0.4 is 0 Å². The summed E-state index contributed by atoms with van der Waals surface area (Å²) in [5.41, 5.74) is 0.472. The summed E-state index contributed by atoms with van der Waals surface area (Å²) >= 11 is 0. The maximum atomic E-state index is 5.81. The van der Waals surface area contributed by atoms with Crippen molar-refractivity contribution < 1.29 is 9.47 Å². The van der Waals surface area contributed by atoms with Crippen molar-refractivity contribution in [1.82, 2.24) is 4.90 Å². The predicted molar refractivity (Wildman–Crippen MR) is 69.2 cm³/mol. The van der Waals surface area contributed by atoms with Crippen LogP contribution in [0.5, 0.6) is 0 Å². The normalized spacial score (nSPS) is 28.6. The Labute approximate surface area is 105 Å². The first-order valence-electron chi connectivity index (χ1n) is 7.00. The van der Waals surface area contributed by atoms with Crippen LogP contribution in [0.15, 0.2) is 0 Å². The van der Waals surface area contributed by atoms with E-state index < -0.39 is 0 Å². The Kier molecular flexibility index (Phi) is 4.45. The van der Waals surface area contributed by atoms with Crippen LogP contribution in [0.2, 0.25) is 0 Å². The molecule has 1 saturated carbocycles. The number of nitrogens with zero attached hydrogens (tertiary/aromatic N) is 1. The molecule has 2 aliphatic rings. The first-order valence-corrected chi connectivity index (χ1v) is 7.00. The molecule has 0 radical (unpaired) electrons. The van der Waals surface area contributed by atoms with Crippen LogP contribution in [0.3, 0.4) is 0 Å². The third kappa shape index (κ3) is 3.94. The Morgan fingerprint density at radius 1 is 1.35 bits per heavy atom. The molecule has 3 heteroatoms. The van der Waals surface area contributed by atoms with Gasteiger partial charge in [0.2, 0.25) is 0 Å². The molecule has 100 valence electrons. The molecule has 0 N–H and O–H groups in total. The molecule has 1 saturated heterocycles. The summed E-state index contributed by atoms with van der Waals surface area (Å²) in [7, 11) is 1.84. The minimum atomic E-state index is 0.362. The van der Waals surface area contributed by atoms with Gasteiger partial charge in [-0.2, -0.15) is 0 Å². The van der Waals surface area contributed by atoms with Gasteiger partial charge < -0.3 is 14.4 Å². The largest absolute Gasteiger partial charge is 0.380 e. The quantitative estimate of drug-likeness (QED) is 0.712. The number of ether oxygens (including phenoxy) is 2. The maximum Gasteiger partial charge on any atom is 0.0698 e. The molecular weight excluding hydrogens is 214 g/mol. The number of likely N-dealkylation sites (tertiary alicyclic amines) is 1. The number of piperidine rings is 1. The number of rotatable bonds is 6. The van der Waals surface area contributed by atoms with E-state index in [1.54, 1.807) is 0 Å². The SMILES string of the molecule is CO[C@@H]1CCCN(CC2(COC(C)C)CC2)C1. The Hall–Kier alpha value is -0.120. The van der Waals surface area contributed by atoms with E-state index in [4.69, 9.17) is 9.47 Å². The van der Waals surface area contributed by atoms with Gasteiger partial charge in [-0.05, 0) is 46.1 Å². The lowest BCUT2D eigenvalue weighted by Crippen LogP contribution is -2.43. The highest BCUT2D eigenvalue weighted by Gasteiger charge is 2.44. The number of hydrogen-bond donors (Lipinski definition) is 0. The van der Waals surface area contributed by atoms with Crippen molar-refractivity contribution in [2.45, 2.75) is 51.7 Å². The van der Waals surface area contributed by atoms with Crippen LogP contribution in [0.25, 0.3) is 0 Å². The van der Waals surface area contributed by atoms with Gasteiger partial charge in [0, 0.05) is 25.6 Å². The van der Waals surface area contributed by atoms with Crippen molar-refractivity contribution in [3.05, 3.63) is 0 Å². The summed E-state index contributed by atoms with van der Waals surface area (Å²) in [6.45, 7) is 8.75. The second-order valence-electron chi connectivity index (χ2n) is 6.09. The molecule has 0 aromatic heterocycles. The highest BCUT2D eigenvalue weighted by atomic mass is 16.5.